The van der Waals surface area contributed by atoms with Crippen LogP contribution in [-0.2, 0) is 14.4 Å². The van der Waals surface area contributed by atoms with Crippen LogP contribution < -0.4 is 15.1 Å². The van der Waals surface area contributed by atoms with E-state index in [2.05, 4.69) is 20.0 Å². The van der Waals surface area contributed by atoms with Crippen molar-refractivity contribution in [1.29, 1.82) is 0 Å². The van der Waals surface area contributed by atoms with E-state index in [0.717, 1.165) is 74.9 Å². The summed E-state index contributed by atoms with van der Waals surface area (Å²) in [4.78, 5) is 78.1. The minimum absolute atomic E-state index is 0.0981. The average Bonchev–Trinajstić information content (AvgIpc) is 3.30. The molecule has 16 heteroatoms. The maximum Gasteiger partial charge on any atom is 0.490 e. The number of carboxylic acids is 2. The van der Waals surface area contributed by atoms with Crippen molar-refractivity contribution in [3.05, 3.63) is 59.2 Å². The molecule has 256 valence electrons. The van der Waals surface area contributed by atoms with Crippen LogP contribution in [0.3, 0.4) is 0 Å². The van der Waals surface area contributed by atoms with Crippen molar-refractivity contribution in [3.8, 4) is 0 Å². The van der Waals surface area contributed by atoms with Gasteiger partial charge in [0.1, 0.15) is 6.04 Å². The van der Waals surface area contributed by atoms with Gasteiger partial charge in [-0.15, -0.1) is 0 Å². The highest BCUT2D eigenvalue weighted by Crippen LogP contribution is 2.31. The summed E-state index contributed by atoms with van der Waals surface area (Å²) >= 11 is 0. The second kappa shape index (κ2) is 14.0. The zero-order valence-corrected chi connectivity index (χ0v) is 25.7. The molecule has 0 aromatic heterocycles. The lowest BCUT2D eigenvalue weighted by Gasteiger charge is -2.40. The number of rotatable bonds is 6. The van der Waals surface area contributed by atoms with Gasteiger partial charge in [-0.3, -0.25) is 34.3 Å². The second-order valence-corrected chi connectivity index (χ2v) is 12.1. The van der Waals surface area contributed by atoms with E-state index in [1.807, 2.05) is 18.2 Å². The molecule has 3 fully saturated rings. The van der Waals surface area contributed by atoms with Crippen molar-refractivity contribution in [2.75, 3.05) is 55.6 Å². The van der Waals surface area contributed by atoms with Crippen molar-refractivity contribution >= 4 is 46.9 Å². The van der Waals surface area contributed by atoms with Gasteiger partial charge in [-0.2, -0.15) is 13.2 Å². The summed E-state index contributed by atoms with van der Waals surface area (Å²) in [5.41, 5.74) is 2.86. The van der Waals surface area contributed by atoms with Gasteiger partial charge >= 0.3 is 18.1 Å². The number of hydrogen-bond donors (Lipinski definition) is 3. The number of piperazine rings is 1. The van der Waals surface area contributed by atoms with E-state index in [1.165, 1.54) is 0 Å². The third-order valence-electron chi connectivity index (χ3n) is 9.01. The number of aliphatic carboxylic acids is 1. The minimum atomic E-state index is -5.08. The molecule has 0 spiro atoms. The molecule has 6 rings (SSSR count). The first-order valence-corrected chi connectivity index (χ1v) is 15.4. The predicted octanol–water partition coefficient (Wildman–Crippen LogP) is 2.46. The van der Waals surface area contributed by atoms with E-state index in [4.69, 9.17) is 15.0 Å². The largest absolute Gasteiger partial charge is 0.490 e. The van der Waals surface area contributed by atoms with Crippen LogP contribution in [0, 0.1) is 5.92 Å². The molecule has 1 atom stereocenters. The molecule has 3 saturated heterocycles. The van der Waals surface area contributed by atoms with Crippen molar-refractivity contribution < 1.29 is 52.2 Å². The lowest BCUT2D eigenvalue weighted by molar-refractivity contribution is -0.192. The first-order valence-electron chi connectivity index (χ1n) is 15.4. The number of aromatic carboxylic acids is 1. The molecule has 3 N–H and O–H groups in total. The Morgan fingerprint density at radius 2 is 1.33 bits per heavy atom. The molecular weight excluding hydrogens is 639 g/mol. The quantitative estimate of drug-likeness (QED) is 0.386. The predicted molar refractivity (Wildman–Crippen MR) is 164 cm³/mol. The van der Waals surface area contributed by atoms with Gasteiger partial charge in [0, 0.05) is 63.6 Å². The molecule has 0 bridgehead atoms. The van der Waals surface area contributed by atoms with Crippen molar-refractivity contribution in [2.24, 2.45) is 5.92 Å². The number of hydrogen-bond acceptors (Lipinski definition) is 9. The highest BCUT2D eigenvalue weighted by molar-refractivity contribution is 6.23. The number of benzene rings is 2. The fourth-order valence-electron chi connectivity index (χ4n) is 6.40. The number of nitrogens with zero attached hydrogens (tertiary/aromatic N) is 4. The zero-order valence-electron chi connectivity index (χ0n) is 25.7. The molecule has 4 heterocycles. The average molecular weight is 674 g/mol. The Balaban J connectivity index is 0.000000582. The monoisotopic (exact) mass is 673 g/mol. The van der Waals surface area contributed by atoms with Gasteiger partial charge in [0.05, 0.1) is 16.7 Å². The summed E-state index contributed by atoms with van der Waals surface area (Å²) in [5, 5.41) is 18.5. The first kappa shape index (κ1) is 34.3. The van der Waals surface area contributed by atoms with Crippen LogP contribution >= 0.6 is 0 Å². The van der Waals surface area contributed by atoms with E-state index < -0.39 is 41.9 Å². The highest BCUT2D eigenvalue weighted by atomic mass is 19.4. The smallest absolute Gasteiger partial charge is 0.478 e. The number of carboxylic acid groups (broad SMARTS) is 2. The number of alkyl halides is 3. The van der Waals surface area contributed by atoms with E-state index in [1.54, 1.807) is 24.3 Å². The Kier molecular flexibility index (Phi) is 10.0. The van der Waals surface area contributed by atoms with Gasteiger partial charge in [0.15, 0.2) is 0 Å². The molecule has 4 aliphatic rings. The molecule has 4 amide bonds. The van der Waals surface area contributed by atoms with E-state index in [9.17, 15) is 37.1 Å². The standard InChI is InChI=1S/C30H33N5O6.C2HF3O2/c36-26-8-7-25(27(37)31-26)35-28(38)23-6-5-22(17-24(23)29(35)39)34-15-13-32(14-16-34)18-19-9-11-33(12-10-19)21-3-1-20(2-4-21)30(40)41;3-2(4,5)1(6)7/h1-6,17,19,25H,7-16,18H2,(H,40,41)(H,31,36,37);(H,6,7). The van der Waals surface area contributed by atoms with Gasteiger partial charge < -0.3 is 20.0 Å². The summed E-state index contributed by atoms with van der Waals surface area (Å²) in [5.74, 6) is -5.02. The van der Waals surface area contributed by atoms with Crippen LogP contribution in [0.25, 0.3) is 0 Å². The van der Waals surface area contributed by atoms with Crippen LogP contribution in [0.2, 0.25) is 0 Å². The van der Waals surface area contributed by atoms with Crippen molar-refractivity contribution in [2.45, 2.75) is 37.9 Å². The molecule has 0 saturated carbocycles. The highest BCUT2D eigenvalue weighted by Gasteiger charge is 2.45. The molecule has 13 nitrogen and oxygen atoms in total. The lowest BCUT2D eigenvalue weighted by atomic mass is 9.95. The van der Waals surface area contributed by atoms with Crippen LogP contribution in [0.5, 0.6) is 0 Å². The lowest BCUT2D eigenvalue weighted by Crippen LogP contribution is -2.54. The summed E-state index contributed by atoms with van der Waals surface area (Å²) in [6.45, 7) is 6.38. The Morgan fingerprint density at radius 3 is 1.90 bits per heavy atom. The van der Waals surface area contributed by atoms with Gasteiger partial charge in [-0.1, -0.05) is 0 Å². The summed E-state index contributed by atoms with van der Waals surface area (Å²) < 4.78 is 31.7. The van der Waals surface area contributed by atoms with Crippen molar-refractivity contribution in [1.82, 2.24) is 15.1 Å². The number of amides is 4. The first-order chi connectivity index (χ1) is 22.7. The Morgan fingerprint density at radius 1 is 0.771 bits per heavy atom. The SMILES string of the molecule is O=C(O)C(F)(F)F.O=C1CCC(N2C(=O)c3ccc(N4CCN(CC5CCN(c6ccc(C(=O)O)cc6)CC5)CC4)cc3C2=O)C(=O)N1. The number of carbonyl (C=O) groups excluding carboxylic acids is 4. The Labute approximate surface area is 272 Å². The van der Waals surface area contributed by atoms with Crippen LogP contribution in [0.4, 0.5) is 24.5 Å². The van der Waals surface area contributed by atoms with Crippen LogP contribution in [0.15, 0.2) is 42.5 Å². The number of imide groups is 2. The number of anilines is 2. The Bertz CT molecular complexity index is 1600. The van der Waals surface area contributed by atoms with E-state index in [0.29, 0.717) is 22.6 Å². The van der Waals surface area contributed by atoms with Gasteiger partial charge in [-0.25, -0.2) is 9.59 Å². The third kappa shape index (κ3) is 7.59. The fourth-order valence-corrected chi connectivity index (χ4v) is 6.40. The molecule has 0 radical (unpaired) electrons. The fraction of sp³-hybridized carbons (Fsp3) is 0.438. The number of piperidine rings is 2. The summed E-state index contributed by atoms with van der Waals surface area (Å²) in [6.07, 6.45) is -2.66. The van der Waals surface area contributed by atoms with Crippen LogP contribution in [0.1, 0.15) is 56.8 Å². The number of fused-ring (bicyclic) bond motifs is 1. The topological polar surface area (TPSA) is 168 Å². The number of halogens is 3. The zero-order chi connectivity index (χ0) is 34.7. The minimum Gasteiger partial charge on any atom is -0.478 e. The molecular formula is C32H34F3N5O8. The van der Waals surface area contributed by atoms with Gasteiger partial charge in [0.2, 0.25) is 11.8 Å². The summed E-state index contributed by atoms with van der Waals surface area (Å²) in [7, 11) is 0. The van der Waals surface area contributed by atoms with E-state index in [-0.39, 0.29) is 18.7 Å². The normalized spacial score (nSPS) is 20.6. The van der Waals surface area contributed by atoms with Gasteiger partial charge in [0.25, 0.3) is 11.8 Å². The number of nitrogens with one attached hydrogen (secondary N) is 1. The van der Waals surface area contributed by atoms with Crippen molar-refractivity contribution in [3.63, 3.8) is 0 Å². The van der Waals surface area contributed by atoms with Crippen LogP contribution in [-0.4, -0.2) is 114 Å². The Hall–Kier alpha value is -4.99. The third-order valence-corrected chi connectivity index (χ3v) is 9.01. The molecule has 2 aromatic carbocycles. The maximum absolute atomic E-state index is 13.2. The molecule has 4 aliphatic heterocycles. The molecule has 48 heavy (non-hydrogen) atoms. The molecule has 0 aliphatic carbocycles. The summed E-state index contributed by atoms with van der Waals surface area (Å²) in [6, 6.07) is 11.4. The van der Waals surface area contributed by atoms with E-state index >= 15 is 0 Å². The second-order valence-electron chi connectivity index (χ2n) is 12.1. The van der Waals surface area contributed by atoms with Gasteiger partial charge in [-0.05, 0) is 67.6 Å². The molecule has 1 unspecified atom stereocenters. The molecule has 2 aromatic rings. The number of carbonyl (C=O) groups is 6. The maximum atomic E-state index is 13.2.